The van der Waals surface area contributed by atoms with Crippen molar-refractivity contribution in [3.05, 3.63) is 47.5 Å². The molecule has 0 saturated carbocycles. The summed E-state index contributed by atoms with van der Waals surface area (Å²) >= 11 is 0. The van der Waals surface area contributed by atoms with Crippen LogP contribution in [0.1, 0.15) is 43.9 Å². The van der Waals surface area contributed by atoms with Crippen molar-refractivity contribution in [2.75, 3.05) is 13.1 Å². The molecular weight excluding hydrogens is 218 g/mol. The van der Waals surface area contributed by atoms with Gasteiger partial charge in [-0.3, -0.25) is 0 Å². The lowest BCUT2D eigenvalue weighted by Crippen LogP contribution is -2.20. The summed E-state index contributed by atoms with van der Waals surface area (Å²) in [4.78, 5) is 0. The summed E-state index contributed by atoms with van der Waals surface area (Å²) in [6.45, 7) is 14.3. The van der Waals surface area contributed by atoms with Crippen molar-refractivity contribution in [2.24, 2.45) is 0 Å². The topological polar surface area (TPSA) is 12.0 Å². The molecule has 0 saturated heterocycles. The molecule has 98 valence electrons. The number of hydrogen-bond acceptors (Lipinski definition) is 1. The fourth-order valence-corrected chi connectivity index (χ4v) is 2.23. The predicted octanol–water partition coefficient (Wildman–Crippen LogP) is 4.43. The van der Waals surface area contributed by atoms with Crippen LogP contribution in [0.4, 0.5) is 0 Å². The predicted molar refractivity (Wildman–Crippen MR) is 82.7 cm³/mol. The first-order valence-corrected chi connectivity index (χ1v) is 6.85. The number of benzene rings is 1. The van der Waals surface area contributed by atoms with E-state index in [2.05, 4.69) is 50.0 Å². The molecule has 18 heavy (non-hydrogen) atoms. The van der Waals surface area contributed by atoms with E-state index in [4.69, 9.17) is 0 Å². The molecule has 0 aliphatic carbocycles. The fraction of sp³-hybridized carbons (Fsp3) is 0.412. The Morgan fingerprint density at radius 2 is 2.00 bits per heavy atom. The third-order valence-electron chi connectivity index (χ3n) is 3.12. The van der Waals surface area contributed by atoms with Gasteiger partial charge >= 0.3 is 0 Å². The first-order chi connectivity index (χ1) is 8.68. The van der Waals surface area contributed by atoms with E-state index in [1.54, 1.807) is 0 Å². The molecule has 1 heteroatoms. The minimum Gasteiger partial charge on any atom is -0.313 e. The highest BCUT2D eigenvalue weighted by molar-refractivity contribution is 5.71. The average molecular weight is 243 g/mol. The van der Waals surface area contributed by atoms with Crippen molar-refractivity contribution in [3.8, 4) is 0 Å². The Morgan fingerprint density at radius 1 is 1.28 bits per heavy atom. The molecule has 0 spiro atoms. The molecule has 1 heterocycles. The van der Waals surface area contributed by atoms with Gasteiger partial charge in [-0.05, 0) is 49.1 Å². The van der Waals surface area contributed by atoms with Gasteiger partial charge < -0.3 is 5.32 Å². The van der Waals surface area contributed by atoms with Gasteiger partial charge in [0.2, 0.25) is 0 Å². The average Bonchev–Trinajstić information content (AvgIpc) is 2.41. The van der Waals surface area contributed by atoms with Crippen molar-refractivity contribution in [1.82, 2.24) is 5.32 Å². The zero-order chi connectivity index (χ0) is 13.5. The second-order valence-corrected chi connectivity index (χ2v) is 4.49. The van der Waals surface area contributed by atoms with Crippen LogP contribution in [-0.4, -0.2) is 13.1 Å². The van der Waals surface area contributed by atoms with Crippen LogP contribution >= 0.6 is 0 Å². The van der Waals surface area contributed by atoms with Crippen molar-refractivity contribution < 1.29 is 0 Å². The second-order valence-electron chi connectivity index (χ2n) is 4.49. The lowest BCUT2D eigenvalue weighted by molar-refractivity contribution is 0.738. The zero-order valence-electron chi connectivity index (χ0n) is 12.1. The van der Waals surface area contributed by atoms with Crippen LogP contribution in [-0.2, 0) is 0 Å². The summed E-state index contributed by atoms with van der Waals surface area (Å²) in [5.74, 6) is 0. The molecular formula is C17H25N. The first-order valence-electron chi connectivity index (χ1n) is 6.85. The lowest BCUT2D eigenvalue weighted by Gasteiger charge is -2.16. The van der Waals surface area contributed by atoms with Crippen LogP contribution in [0.25, 0.3) is 11.1 Å². The highest BCUT2D eigenvalue weighted by Gasteiger charge is 2.07. The van der Waals surface area contributed by atoms with Gasteiger partial charge in [0.1, 0.15) is 0 Å². The normalized spacial score (nSPS) is 14.3. The summed E-state index contributed by atoms with van der Waals surface area (Å²) in [6, 6.07) is 6.69. The number of allylic oxidation sites excluding steroid dienone is 1. The Labute approximate surface area is 112 Å². The van der Waals surface area contributed by atoms with Crippen LogP contribution < -0.4 is 5.32 Å². The van der Waals surface area contributed by atoms with E-state index in [1.807, 2.05) is 13.8 Å². The van der Waals surface area contributed by atoms with Gasteiger partial charge in [0.05, 0.1) is 0 Å². The number of rotatable bonds is 2. The van der Waals surface area contributed by atoms with Crippen LogP contribution in [0.15, 0.2) is 30.9 Å². The summed E-state index contributed by atoms with van der Waals surface area (Å²) in [5, 5.41) is 3.34. The maximum atomic E-state index is 4.00. The molecule has 0 fully saturated rings. The molecule has 0 aromatic heterocycles. The molecule has 0 atom stereocenters. The highest BCUT2D eigenvalue weighted by atomic mass is 14.8. The van der Waals surface area contributed by atoms with Crippen molar-refractivity contribution in [1.29, 1.82) is 0 Å². The fourth-order valence-electron chi connectivity index (χ4n) is 2.23. The molecule has 0 bridgehead atoms. The van der Waals surface area contributed by atoms with Gasteiger partial charge in [-0.15, -0.1) is 0 Å². The molecule has 1 aliphatic heterocycles. The van der Waals surface area contributed by atoms with E-state index in [-0.39, 0.29) is 0 Å². The largest absolute Gasteiger partial charge is 0.313 e. The molecule has 1 aromatic rings. The molecule has 1 nitrogen and oxygen atoms in total. The van der Waals surface area contributed by atoms with Gasteiger partial charge in [0.25, 0.3) is 0 Å². The minimum absolute atomic E-state index is 0.997. The second kappa shape index (κ2) is 7.17. The maximum Gasteiger partial charge on any atom is 0.0140 e. The Balaban J connectivity index is 0.000000771. The smallest absolute Gasteiger partial charge is 0.0140 e. The van der Waals surface area contributed by atoms with Gasteiger partial charge in [-0.25, -0.2) is 0 Å². The standard InChI is InChI=1S/C15H19N.C2H6/c1-11(2)15-5-4-14(10-12(15)3)13-6-8-16-9-7-13;1-2/h4-6,10,16H,1,7-9H2,2-3H3;1-2H3. The van der Waals surface area contributed by atoms with Gasteiger partial charge in [0, 0.05) is 6.54 Å². The number of hydrogen-bond donors (Lipinski definition) is 1. The summed E-state index contributed by atoms with van der Waals surface area (Å²) < 4.78 is 0. The van der Waals surface area contributed by atoms with E-state index in [1.165, 1.54) is 22.3 Å². The summed E-state index contributed by atoms with van der Waals surface area (Å²) in [6.07, 6.45) is 3.42. The van der Waals surface area contributed by atoms with E-state index in [0.29, 0.717) is 0 Å². The van der Waals surface area contributed by atoms with Crippen LogP contribution in [0.3, 0.4) is 0 Å². The van der Waals surface area contributed by atoms with E-state index in [9.17, 15) is 0 Å². The molecule has 0 radical (unpaired) electrons. The Kier molecular flexibility index (Phi) is 5.87. The van der Waals surface area contributed by atoms with Crippen LogP contribution in [0.2, 0.25) is 0 Å². The highest BCUT2D eigenvalue weighted by Crippen LogP contribution is 2.24. The lowest BCUT2D eigenvalue weighted by atomic mass is 9.94. The van der Waals surface area contributed by atoms with E-state index >= 15 is 0 Å². The van der Waals surface area contributed by atoms with Gasteiger partial charge in [0.15, 0.2) is 0 Å². The monoisotopic (exact) mass is 243 g/mol. The minimum atomic E-state index is 0.997. The van der Waals surface area contributed by atoms with Crippen LogP contribution in [0, 0.1) is 6.92 Å². The number of aryl methyl sites for hydroxylation is 1. The first kappa shape index (κ1) is 14.7. The van der Waals surface area contributed by atoms with Crippen molar-refractivity contribution in [3.63, 3.8) is 0 Å². The quantitative estimate of drug-likeness (QED) is 0.810. The molecule has 0 unspecified atom stereocenters. The third kappa shape index (κ3) is 3.58. The van der Waals surface area contributed by atoms with Gasteiger partial charge in [-0.2, -0.15) is 0 Å². The van der Waals surface area contributed by atoms with Crippen molar-refractivity contribution in [2.45, 2.75) is 34.1 Å². The molecule has 0 amide bonds. The Morgan fingerprint density at radius 3 is 2.50 bits per heavy atom. The SMILES string of the molecule is C=C(C)c1ccc(C2=CCNCC2)cc1C.CC. The zero-order valence-corrected chi connectivity index (χ0v) is 12.1. The van der Waals surface area contributed by atoms with Crippen LogP contribution in [0.5, 0.6) is 0 Å². The number of nitrogens with one attached hydrogen (secondary N) is 1. The van der Waals surface area contributed by atoms with Gasteiger partial charge in [-0.1, -0.05) is 50.3 Å². The Hall–Kier alpha value is -1.34. The van der Waals surface area contributed by atoms with Crippen molar-refractivity contribution >= 4 is 11.1 Å². The molecule has 1 N–H and O–H groups in total. The summed E-state index contributed by atoms with van der Waals surface area (Å²) in [7, 11) is 0. The molecule has 2 rings (SSSR count). The Bertz CT molecular complexity index is 441. The maximum absolute atomic E-state index is 4.00. The third-order valence-corrected chi connectivity index (χ3v) is 3.12. The summed E-state index contributed by atoms with van der Waals surface area (Å²) in [5.41, 5.74) is 6.57. The molecule has 1 aromatic carbocycles. The molecule has 1 aliphatic rings. The van der Waals surface area contributed by atoms with E-state index in [0.717, 1.165) is 25.1 Å². The van der Waals surface area contributed by atoms with E-state index < -0.39 is 0 Å².